The maximum absolute atomic E-state index is 5.96. The van der Waals surface area contributed by atoms with Crippen molar-refractivity contribution in [3.8, 4) is 0 Å². The van der Waals surface area contributed by atoms with E-state index in [0.717, 1.165) is 35.6 Å². The third-order valence-corrected chi connectivity index (χ3v) is 3.29. The van der Waals surface area contributed by atoms with Crippen LogP contribution in [0.25, 0.3) is 0 Å². The Morgan fingerprint density at radius 3 is 3.05 bits per heavy atom. The van der Waals surface area contributed by atoms with Gasteiger partial charge in [0.1, 0.15) is 5.82 Å². The molecule has 0 unspecified atom stereocenters. The van der Waals surface area contributed by atoms with Gasteiger partial charge in [0.25, 0.3) is 0 Å². The Morgan fingerprint density at radius 2 is 2.26 bits per heavy atom. The van der Waals surface area contributed by atoms with Gasteiger partial charge in [-0.1, -0.05) is 12.1 Å². The first-order valence-corrected chi connectivity index (χ1v) is 6.47. The lowest BCUT2D eigenvalue weighted by atomic mass is 10.1. The van der Waals surface area contributed by atoms with E-state index in [9.17, 15) is 0 Å². The van der Waals surface area contributed by atoms with Gasteiger partial charge in [0, 0.05) is 29.9 Å². The number of halogens is 1. The smallest absolute Gasteiger partial charge is 0.224 e. The SMILES string of the molecule is Cc1nc(Cl)nc2c1CC=CN2Cc1cccnc1. The van der Waals surface area contributed by atoms with E-state index in [-0.39, 0.29) is 0 Å². The van der Waals surface area contributed by atoms with Crippen molar-refractivity contribution in [1.82, 2.24) is 15.0 Å². The lowest BCUT2D eigenvalue weighted by Gasteiger charge is -2.26. The molecule has 0 amide bonds. The summed E-state index contributed by atoms with van der Waals surface area (Å²) >= 11 is 5.96. The van der Waals surface area contributed by atoms with E-state index in [2.05, 4.69) is 25.9 Å². The molecule has 0 atom stereocenters. The number of aromatic nitrogens is 3. The summed E-state index contributed by atoms with van der Waals surface area (Å²) in [7, 11) is 0. The van der Waals surface area contributed by atoms with Crippen LogP contribution in [0.5, 0.6) is 0 Å². The molecule has 19 heavy (non-hydrogen) atoms. The Kier molecular flexibility index (Phi) is 3.17. The van der Waals surface area contributed by atoms with Crippen LogP contribution in [0.1, 0.15) is 16.8 Å². The van der Waals surface area contributed by atoms with E-state index in [1.54, 1.807) is 6.20 Å². The molecule has 2 aromatic rings. The van der Waals surface area contributed by atoms with Gasteiger partial charge in [-0.3, -0.25) is 4.98 Å². The number of nitrogens with zero attached hydrogens (tertiary/aromatic N) is 4. The first kappa shape index (κ1) is 12.1. The molecular weight excluding hydrogens is 260 g/mol. The van der Waals surface area contributed by atoms with Crippen LogP contribution in [-0.2, 0) is 13.0 Å². The lowest BCUT2D eigenvalue weighted by molar-refractivity contribution is 0.875. The molecule has 0 fully saturated rings. The summed E-state index contributed by atoms with van der Waals surface area (Å²) in [5.74, 6) is 0.892. The van der Waals surface area contributed by atoms with Crippen LogP contribution in [-0.4, -0.2) is 15.0 Å². The van der Waals surface area contributed by atoms with Crippen molar-refractivity contribution in [1.29, 1.82) is 0 Å². The summed E-state index contributed by atoms with van der Waals surface area (Å²) in [4.78, 5) is 14.8. The van der Waals surface area contributed by atoms with Crippen molar-refractivity contribution in [2.45, 2.75) is 19.9 Å². The second-order valence-corrected chi connectivity index (χ2v) is 4.80. The summed E-state index contributed by atoms with van der Waals surface area (Å²) in [6, 6.07) is 3.98. The fourth-order valence-corrected chi connectivity index (χ4v) is 2.42. The number of pyridine rings is 1. The van der Waals surface area contributed by atoms with Crippen LogP contribution < -0.4 is 4.90 Å². The van der Waals surface area contributed by atoms with Gasteiger partial charge in [0.2, 0.25) is 5.28 Å². The van der Waals surface area contributed by atoms with Crippen molar-refractivity contribution < 1.29 is 0 Å². The molecule has 0 bridgehead atoms. The maximum atomic E-state index is 5.96. The minimum Gasteiger partial charge on any atom is -0.328 e. The number of aryl methyl sites for hydroxylation is 1. The van der Waals surface area contributed by atoms with Gasteiger partial charge in [0.15, 0.2) is 0 Å². The van der Waals surface area contributed by atoms with Gasteiger partial charge in [0.05, 0.1) is 6.54 Å². The Bertz CT molecular complexity index is 625. The van der Waals surface area contributed by atoms with Crippen molar-refractivity contribution in [3.05, 3.63) is 58.9 Å². The van der Waals surface area contributed by atoms with E-state index >= 15 is 0 Å². The van der Waals surface area contributed by atoms with Crippen LogP contribution >= 0.6 is 11.6 Å². The third-order valence-electron chi connectivity index (χ3n) is 3.12. The highest BCUT2D eigenvalue weighted by Crippen LogP contribution is 2.28. The molecule has 4 nitrogen and oxygen atoms in total. The number of anilines is 1. The van der Waals surface area contributed by atoms with Crippen LogP contribution in [0.15, 0.2) is 36.8 Å². The molecule has 0 aromatic carbocycles. The average Bonchev–Trinajstić information content (AvgIpc) is 2.41. The summed E-state index contributed by atoms with van der Waals surface area (Å²) in [6.07, 6.45) is 8.63. The van der Waals surface area contributed by atoms with Crippen LogP contribution in [0, 0.1) is 6.92 Å². The number of hydrogen-bond acceptors (Lipinski definition) is 4. The lowest BCUT2D eigenvalue weighted by Crippen LogP contribution is -2.22. The number of hydrogen-bond donors (Lipinski definition) is 0. The average molecular weight is 273 g/mol. The zero-order chi connectivity index (χ0) is 13.2. The molecule has 0 saturated heterocycles. The van der Waals surface area contributed by atoms with Crippen molar-refractivity contribution in [2.75, 3.05) is 4.90 Å². The van der Waals surface area contributed by atoms with Crippen molar-refractivity contribution in [2.24, 2.45) is 0 Å². The Hall–Kier alpha value is -1.94. The van der Waals surface area contributed by atoms with Gasteiger partial charge < -0.3 is 4.90 Å². The first-order valence-electron chi connectivity index (χ1n) is 6.09. The summed E-state index contributed by atoms with van der Waals surface area (Å²) in [5, 5.41) is 0.294. The third kappa shape index (κ3) is 2.44. The highest BCUT2D eigenvalue weighted by atomic mass is 35.5. The van der Waals surface area contributed by atoms with E-state index in [4.69, 9.17) is 11.6 Å². The minimum absolute atomic E-state index is 0.294. The fraction of sp³-hybridized carbons (Fsp3) is 0.214. The van der Waals surface area contributed by atoms with E-state index in [1.165, 1.54) is 0 Å². The van der Waals surface area contributed by atoms with Gasteiger partial charge in [-0.15, -0.1) is 0 Å². The van der Waals surface area contributed by atoms with Gasteiger partial charge in [-0.05, 0) is 36.6 Å². The molecule has 0 N–H and O–H groups in total. The molecule has 0 radical (unpaired) electrons. The predicted octanol–water partition coefficient (Wildman–Crippen LogP) is 2.91. The van der Waals surface area contributed by atoms with Gasteiger partial charge in [-0.2, -0.15) is 4.98 Å². The molecule has 1 aliphatic heterocycles. The van der Waals surface area contributed by atoms with Gasteiger partial charge in [-0.25, -0.2) is 4.98 Å². The normalized spacial score (nSPS) is 13.5. The molecule has 96 valence electrons. The van der Waals surface area contributed by atoms with Crippen LogP contribution in [0.4, 0.5) is 5.82 Å². The zero-order valence-corrected chi connectivity index (χ0v) is 11.3. The number of fused-ring (bicyclic) bond motifs is 1. The summed E-state index contributed by atoms with van der Waals surface area (Å²) in [6.45, 7) is 2.69. The fourth-order valence-electron chi connectivity index (χ4n) is 2.21. The molecule has 0 aliphatic carbocycles. The van der Waals surface area contributed by atoms with Crippen LogP contribution in [0.2, 0.25) is 5.28 Å². The van der Waals surface area contributed by atoms with Crippen LogP contribution in [0.3, 0.4) is 0 Å². The molecule has 3 heterocycles. The first-order chi connectivity index (χ1) is 9.24. The largest absolute Gasteiger partial charge is 0.328 e. The molecular formula is C14H13ClN4. The Balaban J connectivity index is 1.97. The Labute approximate surface area is 116 Å². The zero-order valence-electron chi connectivity index (χ0n) is 10.5. The molecule has 3 rings (SSSR count). The molecule has 0 saturated carbocycles. The monoisotopic (exact) mass is 272 g/mol. The standard InChI is InChI=1S/C14H13ClN4/c1-10-12-5-3-7-19(13(12)18-14(15)17-10)9-11-4-2-6-16-8-11/h2-4,6-8H,5,9H2,1H3. The summed E-state index contributed by atoms with van der Waals surface area (Å²) < 4.78 is 0. The van der Waals surface area contributed by atoms with Crippen molar-refractivity contribution in [3.63, 3.8) is 0 Å². The van der Waals surface area contributed by atoms with E-state index in [0.29, 0.717) is 5.28 Å². The number of allylic oxidation sites excluding steroid dienone is 1. The molecule has 0 spiro atoms. The molecule has 1 aliphatic rings. The van der Waals surface area contributed by atoms with Gasteiger partial charge >= 0.3 is 0 Å². The van der Waals surface area contributed by atoms with Crippen molar-refractivity contribution >= 4 is 17.4 Å². The topological polar surface area (TPSA) is 41.9 Å². The Morgan fingerprint density at radius 1 is 1.37 bits per heavy atom. The molecule has 2 aromatic heterocycles. The second-order valence-electron chi connectivity index (χ2n) is 4.46. The highest BCUT2D eigenvalue weighted by Gasteiger charge is 2.18. The number of rotatable bonds is 2. The minimum atomic E-state index is 0.294. The predicted molar refractivity (Wildman–Crippen MR) is 75.0 cm³/mol. The second kappa shape index (κ2) is 4.97. The quantitative estimate of drug-likeness (QED) is 0.789. The highest BCUT2D eigenvalue weighted by molar-refractivity contribution is 6.28. The summed E-state index contributed by atoms with van der Waals surface area (Å²) in [5.41, 5.74) is 3.21. The maximum Gasteiger partial charge on any atom is 0.224 e. The van der Waals surface area contributed by atoms with E-state index < -0.39 is 0 Å². The van der Waals surface area contributed by atoms with E-state index in [1.807, 2.05) is 31.5 Å². The molecule has 5 heteroatoms.